The van der Waals surface area contributed by atoms with Gasteiger partial charge in [-0.1, -0.05) is 20.3 Å². The van der Waals surface area contributed by atoms with E-state index in [9.17, 15) is 9.59 Å². The molecule has 5 nitrogen and oxygen atoms in total. The van der Waals surface area contributed by atoms with Crippen LogP contribution in [0.2, 0.25) is 0 Å². The molecule has 19 heavy (non-hydrogen) atoms. The standard InChI is InChI=1S/C14H27N3O2/c1-11(2)10-17-13(18)6-8-16-14(19)9-12-5-3-4-7-15-12/h11-12,15H,3-10H2,1-2H3,(H,16,19)(H,17,18). The van der Waals surface area contributed by atoms with Crippen molar-refractivity contribution >= 4 is 11.8 Å². The fourth-order valence-corrected chi connectivity index (χ4v) is 2.12. The van der Waals surface area contributed by atoms with E-state index in [4.69, 9.17) is 0 Å². The molecule has 1 saturated heterocycles. The molecule has 0 radical (unpaired) electrons. The number of hydrogen-bond donors (Lipinski definition) is 3. The molecule has 1 rings (SSSR count). The lowest BCUT2D eigenvalue weighted by molar-refractivity contribution is -0.122. The lowest BCUT2D eigenvalue weighted by Crippen LogP contribution is -2.39. The van der Waals surface area contributed by atoms with Crippen LogP contribution in [0.25, 0.3) is 0 Å². The van der Waals surface area contributed by atoms with E-state index in [0.29, 0.717) is 37.9 Å². The summed E-state index contributed by atoms with van der Waals surface area (Å²) in [5.74, 6) is 0.497. The Balaban J connectivity index is 2.04. The lowest BCUT2D eigenvalue weighted by atomic mass is 10.0. The maximum atomic E-state index is 11.7. The Morgan fingerprint density at radius 2 is 2.00 bits per heavy atom. The van der Waals surface area contributed by atoms with Gasteiger partial charge < -0.3 is 16.0 Å². The molecular formula is C14H27N3O2. The monoisotopic (exact) mass is 269 g/mol. The van der Waals surface area contributed by atoms with Crippen molar-refractivity contribution < 1.29 is 9.59 Å². The molecule has 0 bridgehead atoms. The zero-order valence-corrected chi connectivity index (χ0v) is 12.1. The van der Waals surface area contributed by atoms with Gasteiger partial charge in [-0.3, -0.25) is 9.59 Å². The minimum Gasteiger partial charge on any atom is -0.356 e. The van der Waals surface area contributed by atoms with Gasteiger partial charge in [0.15, 0.2) is 0 Å². The van der Waals surface area contributed by atoms with E-state index in [-0.39, 0.29) is 11.8 Å². The molecule has 0 aromatic rings. The molecule has 0 aromatic heterocycles. The molecule has 110 valence electrons. The number of carbonyl (C=O) groups excluding carboxylic acids is 2. The van der Waals surface area contributed by atoms with Gasteiger partial charge in [-0.05, 0) is 25.3 Å². The van der Waals surface area contributed by atoms with Gasteiger partial charge in [0.1, 0.15) is 0 Å². The molecule has 0 aromatic carbocycles. The molecule has 1 unspecified atom stereocenters. The smallest absolute Gasteiger partial charge is 0.221 e. The molecule has 1 aliphatic rings. The van der Waals surface area contributed by atoms with Crippen LogP contribution in [0.1, 0.15) is 46.0 Å². The van der Waals surface area contributed by atoms with E-state index in [0.717, 1.165) is 13.0 Å². The summed E-state index contributed by atoms with van der Waals surface area (Å²) in [5.41, 5.74) is 0. The predicted octanol–water partition coefficient (Wildman–Crippen LogP) is 0.797. The normalized spacial score (nSPS) is 19.2. The van der Waals surface area contributed by atoms with E-state index in [1.165, 1.54) is 12.8 Å². The highest BCUT2D eigenvalue weighted by atomic mass is 16.2. The number of carbonyl (C=O) groups is 2. The summed E-state index contributed by atoms with van der Waals surface area (Å²) in [7, 11) is 0. The summed E-state index contributed by atoms with van der Waals surface area (Å²) in [5, 5.41) is 8.99. The molecule has 5 heteroatoms. The first-order valence-corrected chi connectivity index (χ1v) is 7.34. The van der Waals surface area contributed by atoms with Crippen LogP contribution in [0.4, 0.5) is 0 Å². The van der Waals surface area contributed by atoms with Crippen LogP contribution in [0, 0.1) is 5.92 Å². The summed E-state index contributed by atoms with van der Waals surface area (Å²) in [4.78, 5) is 23.1. The fraction of sp³-hybridized carbons (Fsp3) is 0.857. The first kappa shape index (κ1) is 16.0. The SMILES string of the molecule is CC(C)CNC(=O)CCNC(=O)CC1CCCCN1. The molecule has 3 N–H and O–H groups in total. The topological polar surface area (TPSA) is 70.2 Å². The summed E-state index contributed by atoms with van der Waals surface area (Å²) in [6, 6.07) is 0.309. The molecule has 1 fully saturated rings. The van der Waals surface area contributed by atoms with Crippen LogP contribution in [0.15, 0.2) is 0 Å². The number of nitrogens with one attached hydrogen (secondary N) is 3. The third-order valence-electron chi connectivity index (χ3n) is 3.23. The average Bonchev–Trinajstić information content (AvgIpc) is 2.37. The van der Waals surface area contributed by atoms with Crippen LogP contribution < -0.4 is 16.0 Å². The highest BCUT2D eigenvalue weighted by molar-refractivity contribution is 5.79. The fourth-order valence-electron chi connectivity index (χ4n) is 2.12. The van der Waals surface area contributed by atoms with Gasteiger partial charge in [-0.25, -0.2) is 0 Å². The summed E-state index contributed by atoms with van der Waals surface area (Å²) in [6.07, 6.45) is 4.35. The molecule has 1 aliphatic heterocycles. The number of hydrogen-bond acceptors (Lipinski definition) is 3. The van der Waals surface area contributed by atoms with Gasteiger partial charge in [-0.2, -0.15) is 0 Å². The molecule has 2 amide bonds. The van der Waals surface area contributed by atoms with Crippen molar-refractivity contribution in [1.29, 1.82) is 0 Å². The van der Waals surface area contributed by atoms with Crippen LogP contribution in [-0.4, -0.2) is 37.5 Å². The first-order chi connectivity index (χ1) is 9.08. The van der Waals surface area contributed by atoms with E-state index >= 15 is 0 Å². The van der Waals surface area contributed by atoms with Gasteiger partial charge in [0.2, 0.25) is 11.8 Å². The Morgan fingerprint density at radius 1 is 1.21 bits per heavy atom. The van der Waals surface area contributed by atoms with Crippen LogP contribution in [0.5, 0.6) is 0 Å². The maximum absolute atomic E-state index is 11.7. The Morgan fingerprint density at radius 3 is 2.63 bits per heavy atom. The zero-order valence-electron chi connectivity index (χ0n) is 12.1. The highest BCUT2D eigenvalue weighted by Gasteiger charge is 2.16. The van der Waals surface area contributed by atoms with Crippen molar-refractivity contribution in [3.63, 3.8) is 0 Å². The molecule has 1 heterocycles. The lowest BCUT2D eigenvalue weighted by Gasteiger charge is -2.22. The predicted molar refractivity (Wildman–Crippen MR) is 75.7 cm³/mol. The van der Waals surface area contributed by atoms with Gasteiger partial charge in [0.05, 0.1) is 0 Å². The molecular weight excluding hydrogens is 242 g/mol. The Hall–Kier alpha value is -1.10. The van der Waals surface area contributed by atoms with Crippen LogP contribution in [-0.2, 0) is 9.59 Å². The van der Waals surface area contributed by atoms with Crippen molar-refractivity contribution in [1.82, 2.24) is 16.0 Å². The molecule has 0 saturated carbocycles. The van der Waals surface area contributed by atoms with E-state index < -0.39 is 0 Å². The van der Waals surface area contributed by atoms with Gasteiger partial charge >= 0.3 is 0 Å². The van der Waals surface area contributed by atoms with E-state index in [1.807, 2.05) is 0 Å². The number of rotatable bonds is 7. The minimum atomic E-state index is 0.00444. The number of amides is 2. The second kappa shape index (κ2) is 8.91. The second-order valence-electron chi connectivity index (χ2n) is 5.65. The van der Waals surface area contributed by atoms with Crippen molar-refractivity contribution in [2.24, 2.45) is 5.92 Å². The quantitative estimate of drug-likeness (QED) is 0.640. The van der Waals surface area contributed by atoms with Gasteiger partial charge in [0.25, 0.3) is 0 Å². The zero-order chi connectivity index (χ0) is 14.1. The molecule has 0 aliphatic carbocycles. The summed E-state index contributed by atoms with van der Waals surface area (Å²) < 4.78 is 0. The third kappa shape index (κ3) is 7.82. The summed E-state index contributed by atoms with van der Waals surface area (Å²) >= 11 is 0. The van der Waals surface area contributed by atoms with Crippen molar-refractivity contribution in [2.75, 3.05) is 19.6 Å². The van der Waals surface area contributed by atoms with Crippen LogP contribution in [0.3, 0.4) is 0 Å². The third-order valence-corrected chi connectivity index (χ3v) is 3.23. The van der Waals surface area contributed by atoms with Crippen LogP contribution >= 0.6 is 0 Å². The van der Waals surface area contributed by atoms with Crippen molar-refractivity contribution in [2.45, 2.75) is 52.0 Å². The van der Waals surface area contributed by atoms with Gasteiger partial charge in [-0.15, -0.1) is 0 Å². The Kier molecular flexibility index (Phi) is 7.48. The Labute approximate surface area is 115 Å². The van der Waals surface area contributed by atoms with Gasteiger partial charge in [0, 0.05) is 32.0 Å². The average molecular weight is 269 g/mol. The largest absolute Gasteiger partial charge is 0.356 e. The second-order valence-corrected chi connectivity index (χ2v) is 5.65. The maximum Gasteiger partial charge on any atom is 0.221 e. The Bertz CT molecular complexity index is 286. The van der Waals surface area contributed by atoms with E-state index in [1.54, 1.807) is 0 Å². The highest BCUT2D eigenvalue weighted by Crippen LogP contribution is 2.09. The van der Waals surface area contributed by atoms with Crippen molar-refractivity contribution in [3.05, 3.63) is 0 Å². The molecule has 1 atom stereocenters. The minimum absolute atomic E-state index is 0.00444. The van der Waals surface area contributed by atoms with E-state index in [2.05, 4.69) is 29.8 Å². The summed E-state index contributed by atoms with van der Waals surface area (Å²) in [6.45, 7) is 6.24. The number of piperidine rings is 1. The van der Waals surface area contributed by atoms with Crippen molar-refractivity contribution in [3.8, 4) is 0 Å². The first-order valence-electron chi connectivity index (χ1n) is 7.34. The molecule has 0 spiro atoms.